The number of hydrogen-bond donors (Lipinski definition) is 1. The third kappa shape index (κ3) is 6.59. The molecule has 10 heteroatoms. The Bertz CT molecular complexity index is 1210. The van der Waals surface area contributed by atoms with Crippen molar-refractivity contribution in [2.45, 2.75) is 65.9 Å². The molecule has 0 fully saturated rings. The fourth-order valence-corrected chi connectivity index (χ4v) is 3.82. The molecule has 0 aliphatic carbocycles. The molecule has 1 aromatic carbocycles. The summed E-state index contributed by atoms with van der Waals surface area (Å²) in [6.45, 7) is 7.54. The maximum absolute atomic E-state index is 12.8. The first-order valence-corrected chi connectivity index (χ1v) is 11.9. The van der Waals surface area contributed by atoms with Crippen molar-refractivity contribution in [2.75, 3.05) is 12.4 Å². The Hall–Kier alpha value is -3.95. The van der Waals surface area contributed by atoms with Crippen molar-refractivity contribution in [3.8, 4) is 5.69 Å². The van der Waals surface area contributed by atoms with Gasteiger partial charge in [0.25, 0.3) is 5.91 Å². The molecule has 1 N–H and O–H groups in total. The van der Waals surface area contributed by atoms with Crippen LogP contribution in [-0.2, 0) is 25.5 Å². The minimum absolute atomic E-state index is 0.272. The van der Waals surface area contributed by atoms with E-state index in [2.05, 4.69) is 15.6 Å². The van der Waals surface area contributed by atoms with Gasteiger partial charge in [-0.05, 0) is 69.9 Å². The lowest BCUT2D eigenvalue weighted by atomic mass is 10.1. The first-order chi connectivity index (χ1) is 17.2. The van der Waals surface area contributed by atoms with Crippen LogP contribution in [-0.4, -0.2) is 46.0 Å². The molecule has 10 nitrogen and oxygen atoms in total. The molecule has 3 rings (SSSR count). The van der Waals surface area contributed by atoms with Gasteiger partial charge >= 0.3 is 11.9 Å². The number of anilines is 1. The largest absolute Gasteiger partial charge is 0.469 e. The molecule has 0 aliphatic heterocycles. The van der Waals surface area contributed by atoms with Crippen LogP contribution < -0.4 is 5.32 Å². The molecular weight excluding hydrogens is 464 g/mol. The second-order valence-electron chi connectivity index (χ2n) is 8.53. The van der Waals surface area contributed by atoms with Gasteiger partial charge in [0.15, 0.2) is 11.9 Å². The summed E-state index contributed by atoms with van der Waals surface area (Å²) in [6.07, 6.45) is 1.81. The van der Waals surface area contributed by atoms with Crippen LogP contribution in [0.5, 0.6) is 0 Å². The molecule has 0 aliphatic rings. The summed E-state index contributed by atoms with van der Waals surface area (Å²) in [5.74, 6) is -0.488. The van der Waals surface area contributed by atoms with Crippen LogP contribution >= 0.6 is 0 Å². The van der Waals surface area contributed by atoms with Gasteiger partial charge in [0.05, 0.1) is 24.1 Å². The number of esters is 2. The Kier molecular flexibility index (Phi) is 8.99. The number of aromatic nitrogens is 3. The van der Waals surface area contributed by atoms with E-state index in [0.29, 0.717) is 24.2 Å². The number of unbranched alkanes of at least 4 members (excludes halogenated alkanes) is 1. The highest BCUT2D eigenvalue weighted by Gasteiger charge is 2.24. The van der Waals surface area contributed by atoms with Crippen LogP contribution in [0, 0.1) is 20.8 Å². The number of aryl methyl sites for hydroxylation is 2. The number of methoxy groups -OCH3 is 1. The van der Waals surface area contributed by atoms with Crippen molar-refractivity contribution in [1.82, 2.24) is 14.9 Å². The molecule has 36 heavy (non-hydrogen) atoms. The Labute approximate surface area is 209 Å². The van der Waals surface area contributed by atoms with Gasteiger partial charge in [0.1, 0.15) is 5.76 Å². The minimum atomic E-state index is -0.956. The van der Waals surface area contributed by atoms with Crippen LogP contribution in [0.15, 0.2) is 34.9 Å². The number of hydrogen-bond acceptors (Lipinski definition) is 8. The Morgan fingerprint density at radius 2 is 1.86 bits per heavy atom. The zero-order chi connectivity index (χ0) is 26.2. The van der Waals surface area contributed by atoms with Gasteiger partial charge in [0, 0.05) is 18.2 Å². The van der Waals surface area contributed by atoms with Crippen molar-refractivity contribution in [1.29, 1.82) is 0 Å². The van der Waals surface area contributed by atoms with Crippen LogP contribution in [0.4, 0.5) is 5.82 Å². The zero-order valence-electron chi connectivity index (χ0n) is 21.3. The van der Waals surface area contributed by atoms with E-state index >= 15 is 0 Å². The third-order valence-electron chi connectivity index (χ3n) is 5.84. The van der Waals surface area contributed by atoms with Crippen molar-refractivity contribution in [3.05, 3.63) is 58.6 Å². The smallest absolute Gasteiger partial charge is 0.338 e. The van der Waals surface area contributed by atoms with Gasteiger partial charge in [-0.15, -0.1) is 0 Å². The highest BCUT2D eigenvalue weighted by molar-refractivity contribution is 5.97. The second-order valence-corrected chi connectivity index (χ2v) is 8.53. The van der Waals surface area contributed by atoms with E-state index in [1.54, 1.807) is 41.9 Å². The van der Waals surface area contributed by atoms with Crippen molar-refractivity contribution in [3.63, 3.8) is 0 Å². The number of rotatable bonds is 11. The van der Waals surface area contributed by atoms with E-state index in [1.165, 1.54) is 7.11 Å². The molecule has 0 bridgehead atoms. The summed E-state index contributed by atoms with van der Waals surface area (Å²) in [6, 6.07) is 8.39. The number of ether oxygens (including phenoxy) is 2. The van der Waals surface area contributed by atoms with Crippen molar-refractivity contribution in [2.24, 2.45) is 0 Å². The Balaban J connectivity index is 1.71. The van der Waals surface area contributed by atoms with Crippen LogP contribution in [0.3, 0.4) is 0 Å². The van der Waals surface area contributed by atoms with Crippen LogP contribution in [0.25, 0.3) is 5.69 Å². The van der Waals surface area contributed by atoms with Gasteiger partial charge in [0.2, 0.25) is 0 Å². The van der Waals surface area contributed by atoms with Gasteiger partial charge in [-0.1, -0.05) is 18.5 Å². The average Bonchev–Trinajstić information content (AvgIpc) is 3.41. The summed E-state index contributed by atoms with van der Waals surface area (Å²) in [7, 11) is 1.37. The predicted octanol–water partition coefficient (Wildman–Crippen LogP) is 4.25. The van der Waals surface area contributed by atoms with Crippen molar-refractivity contribution < 1.29 is 28.4 Å². The van der Waals surface area contributed by atoms with Gasteiger partial charge in [-0.2, -0.15) is 5.10 Å². The fourth-order valence-electron chi connectivity index (χ4n) is 3.82. The molecule has 2 heterocycles. The maximum Gasteiger partial charge on any atom is 0.338 e. The van der Waals surface area contributed by atoms with E-state index in [4.69, 9.17) is 14.0 Å². The van der Waals surface area contributed by atoms with E-state index in [9.17, 15) is 14.4 Å². The Morgan fingerprint density at radius 3 is 2.47 bits per heavy atom. The quantitative estimate of drug-likeness (QED) is 0.391. The second kappa shape index (κ2) is 12.1. The molecule has 1 atom stereocenters. The average molecular weight is 497 g/mol. The molecule has 1 amide bonds. The van der Waals surface area contributed by atoms with Crippen molar-refractivity contribution >= 4 is 23.7 Å². The molecule has 0 radical (unpaired) electrons. The highest BCUT2D eigenvalue weighted by Crippen LogP contribution is 2.21. The van der Waals surface area contributed by atoms with E-state index in [-0.39, 0.29) is 18.2 Å². The summed E-state index contributed by atoms with van der Waals surface area (Å²) in [5, 5.41) is 11.0. The number of carbonyl (C=O) groups is 3. The normalized spacial score (nSPS) is 11.7. The first-order valence-electron chi connectivity index (χ1n) is 11.9. The minimum Gasteiger partial charge on any atom is -0.469 e. The fraction of sp³-hybridized carbons (Fsp3) is 0.423. The lowest BCUT2D eigenvalue weighted by molar-refractivity contribution is -0.140. The van der Waals surface area contributed by atoms with E-state index in [1.807, 2.05) is 20.8 Å². The SMILES string of the molecule is CCCCC(OC(=O)c1ccc(-n2nc(C)c(CCC(=O)OC)c2C)cc1)C(=O)Nc1cc(C)on1. The highest BCUT2D eigenvalue weighted by atomic mass is 16.5. The molecule has 0 saturated heterocycles. The summed E-state index contributed by atoms with van der Waals surface area (Å²) in [5.41, 5.74) is 3.80. The van der Waals surface area contributed by atoms with Crippen LogP contribution in [0.2, 0.25) is 0 Å². The number of amides is 1. The van der Waals surface area contributed by atoms with Gasteiger partial charge in [-0.3, -0.25) is 9.59 Å². The molecule has 0 spiro atoms. The van der Waals surface area contributed by atoms with Crippen LogP contribution in [0.1, 0.15) is 65.7 Å². The third-order valence-corrected chi connectivity index (χ3v) is 5.84. The number of carbonyl (C=O) groups excluding carboxylic acids is 3. The number of benzene rings is 1. The molecule has 192 valence electrons. The number of nitrogens with one attached hydrogen (secondary N) is 1. The first kappa shape index (κ1) is 26.7. The lowest BCUT2D eigenvalue weighted by Gasteiger charge is -2.17. The number of nitrogens with zero attached hydrogens (tertiary/aromatic N) is 3. The maximum atomic E-state index is 12.8. The van der Waals surface area contributed by atoms with E-state index in [0.717, 1.165) is 35.5 Å². The molecular formula is C26H32N4O6. The van der Waals surface area contributed by atoms with Gasteiger partial charge in [-0.25, -0.2) is 9.48 Å². The summed E-state index contributed by atoms with van der Waals surface area (Å²) in [4.78, 5) is 37.1. The zero-order valence-corrected chi connectivity index (χ0v) is 21.3. The topological polar surface area (TPSA) is 126 Å². The lowest BCUT2D eigenvalue weighted by Crippen LogP contribution is -2.32. The molecule has 2 aromatic heterocycles. The molecule has 0 saturated carbocycles. The summed E-state index contributed by atoms with van der Waals surface area (Å²) >= 11 is 0. The summed E-state index contributed by atoms with van der Waals surface area (Å²) < 4.78 is 17.0. The molecule has 3 aromatic rings. The van der Waals surface area contributed by atoms with Gasteiger partial charge < -0.3 is 19.3 Å². The molecule has 1 unspecified atom stereocenters. The predicted molar refractivity (Wildman–Crippen MR) is 132 cm³/mol. The monoisotopic (exact) mass is 496 g/mol. The Morgan fingerprint density at radius 1 is 1.14 bits per heavy atom. The standard InChI is InChI=1S/C26H32N4O6/c1-6-7-8-22(25(32)27-23-15-16(2)36-29-23)35-26(33)19-9-11-20(12-10-19)30-18(4)21(17(3)28-30)13-14-24(31)34-5/h9-12,15,22H,6-8,13-14H2,1-5H3,(H,27,29,32). The van der Waals surface area contributed by atoms with E-state index < -0.39 is 18.0 Å².